The monoisotopic (exact) mass is 408 g/mol. The van der Waals surface area contributed by atoms with Gasteiger partial charge in [-0.1, -0.05) is 52.0 Å². The number of benzene rings is 2. The van der Waals surface area contributed by atoms with Crippen molar-refractivity contribution in [2.75, 3.05) is 0 Å². The fourth-order valence-electron chi connectivity index (χ4n) is 5.22. The highest BCUT2D eigenvalue weighted by atomic mass is 14.9. The number of para-hydroxylation sites is 1. The van der Waals surface area contributed by atoms with Gasteiger partial charge < -0.3 is 0 Å². The number of aryl methyl sites for hydroxylation is 2. The van der Waals surface area contributed by atoms with E-state index in [2.05, 4.69) is 110 Å². The Morgan fingerprint density at radius 1 is 0.774 bits per heavy atom. The molecule has 2 aromatic heterocycles. The molecule has 0 atom stereocenters. The topological polar surface area (TPSA) is 7.76 Å². The van der Waals surface area contributed by atoms with E-state index < -0.39 is 0 Å². The number of rotatable bonds is 5. The zero-order valence-electron chi connectivity index (χ0n) is 19.2. The van der Waals surface area contributed by atoms with Crippen LogP contribution < -0.4 is 9.13 Å². The van der Waals surface area contributed by atoms with E-state index in [0.717, 1.165) is 25.9 Å². The molecule has 2 heterocycles. The summed E-state index contributed by atoms with van der Waals surface area (Å²) in [6.07, 6.45) is 9.11. The fraction of sp³-hybridized carbons (Fsp3) is 0.310. The van der Waals surface area contributed by atoms with Gasteiger partial charge in [0.1, 0.15) is 13.1 Å². The lowest BCUT2D eigenvalue weighted by Gasteiger charge is -2.21. The van der Waals surface area contributed by atoms with Crippen LogP contribution in [0.1, 0.15) is 51.7 Å². The summed E-state index contributed by atoms with van der Waals surface area (Å²) in [4.78, 5) is 0. The van der Waals surface area contributed by atoms with Crippen LogP contribution in [0.15, 0.2) is 73.2 Å². The van der Waals surface area contributed by atoms with Crippen LogP contribution in [-0.4, -0.2) is 0 Å². The van der Waals surface area contributed by atoms with Crippen LogP contribution in [0.3, 0.4) is 0 Å². The minimum Gasteiger partial charge on any atom is -0.205 e. The number of aromatic nitrogens is 2. The van der Waals surface area contributed by atoms with E-state index in [1.165, 1.54) is 44.3 Å². The molecule has 0 aliphatic heterocycles. The average molecular weight is 409 g/mol. The third-order valence-electron chi connectivity index (χ3n) is 6.84. The molecule has 0 saturated carbocycles. The van der Waals surface area contributed by atoms with Gasteiger partial charge in [0.05, 0.1) is 5.39 Å². The second-order valence-electron chi connectivity index (χ2n) is 9.34. The lowest BCUT2D eigenvalue weighted by atomic mass is 9.82. The molecule has 0 N–H and O–H groups in total. The first-order valence-electron chi connectivity index (χ1n) is 11.6. The third-order valence-corrected chi connectivity index (χ3v) is 6.84. The van der Waals surface area contributed by atoms with E-state index in [4.69, 9.17) is 0 Å². The second-order valence-corrected chi connectivity index (χ2v) is 9.34. The smallest absolute Gasteiger partial charge is 0.205 e. The summed E-state index contributed by atoms with van der Waals surface area (Å²) >= 11 is 0. The molecule has 0 spiro atoms. The SMILES string of the molecule is CCC[n+]1ccc(-c2ccc3c(c2)C(C)(C)c2c[n+](CCC)c4ccccc4c2-3)cc1. The first-order chi connectivity index (χ1) is 15.0. The van der Waals surface area contributed by atoms with E-state index >= 15 is 0 Å². The summed E-state index contributed by atoms with van der Waals surface area (Å²) in [5.41, 5.74) is 9.59. The van der Waals surface area contributed by atoms with Crippen LogP contribution in [0.25, 0.3) is 33.2 Å². The molecule has 2 aromatic carbocycles. The van der Waals surface area contributed by atoms with Crippen LogP contribution in [0.5, 0.6) is 0 Å². The second kappa shape index (κ2) is 7.60. The van der Waals surface area contributed by atoms with Crippen molar-refractivity contribution < 1.29 is 9.13 Å². The van der Waals surface area contributed by atoms with Gasteiger partial charge in [0.25, 0.3) is 0 Å². The van der Waals surface area contributed by atoms with Gasteiger partial charge in [-0.15, -0.1) is 0 Å². The van der Waals surface area contributed by atoms with Gasteiger partial charge in [-0.3, -0.25) is 0 Å². The standard InChI is InChI=1S/C29H32N2/c1-5-15-30-17-13-21(14-18-30)22-11-12-23-25(19-22)29(3,4)26-20-31(16-6-2)27-10-8-7-9-24(27)28(23)26/h7-14,17-20H,5-6,15-16H2,1-4H3/q+2. The maximum Gasteiger partial charge on any atom is 0.213 e. The van der Waals surface area contributed by atoms with E-state index in [1.807, 2.05) is 0 Å². The molecule has 0 bridgehead atoms. The van der Waals surface area contributed by atoms with E-state index in [9.17, 15) is 0 Å². The predicted molar refractivity (Wildman–Crippen MR) is 128 cm³/mol. The maximum atomic E-state index is 2.45. The molecule has 5 rings (SSSR count). The highest BCUT2D eigenvalue weighted by Crippen LogP contribution is 2.51. The van der Waals surface area contributed by atoms with Crippen molar-refractivity contribution in [1.29, 1.82) is 0 Å². The third kappa shape index (κ3) is 3.17. The Hall–Kier alpha value is -3.00. The Labute approximate surface area is 185 Å². The largest absolute Gasteiger partial charge is 0.213 e. The van der Waals surface area contributed by atoms with Gasteiger partial charge in [-0.25, -0.2) is 4.57 Å². The summed E-state index contributed by atoms with van der Waals surface area (Å²) in [6, 6.07) is 20.5. The summed E-state index contributed by atoms with van der Waals surface area (Å²) in [6.45, 7) is 11.4. The lowest BCUT2D eigenvalue weighted by molar-refractivity contribution is -0.696. The Bertz CT molecular complexity index is 1270. The molecular weight excluding hydrogens is 376 g/mol. The minimum absolute atomic E-state index is 0.0168. The van der Waals surface area contributed by atoms with E-state index in [0.29, 0.717) is 0 Å². The lowest BCUT2D eigenvalue weighted by Crippen LogP contribution is -2.36. The molecule has 0 saturated heterocycles. The quantitative estimate of drug-likeness (QED) is 0.347. The van der Waals surface area contributed by atoms with Gasteiger partial charge in [0, 0.05) is 47.6 Å². The minimum atomic E-state index is -0.0168. The molecule has 4 aromatic rings. The van der Waals surface area contributed by atoms with Crippen LogP contribution in [0.2, 0.25) is 0 Å². The molecule has 2 nitrogen and oxygen atoms in total. The molecule has 0 unspecified atom stereocenters. The Morgan fingerprint density at radius 3 is 2.26 bits per heavy atom. The molecule has 0 amide bonds. The van der Waals surface area contributed by atoms with Crippen LogP contribution in [0, 0.1) is 0 Å². The van der Waals surface area contributed by atoms with Crippen molar-refractivity contribution in [1.82, 2.24) is 0 Å². The Balaban J connectivity index is 1.68. The highest BCUT2D eigenvalue weighted by molar-refractivity contribution is 5.99. The zero-order valence-corrected chi connectivity index (χ0v) is 19.2. The number of nitrogens with zero attached hydrogens (tertiary/aromatic N) is 2. The average Bonchev–Trinajstić information content (AvgIpc) is 3.01. The normalized spacial score (nSPS) is 13.9. The summed E-state index contributed by atoms with van der Waals surface area (Å²) in [7, 11) is 0. The molecule has 0 radical (unpaired) electrons. The molecule has 1 aliphatic rings. The number of pyridine rings is 2. The van der Waals surface area contributed by atoms with Crippen molar-refractivity contribution >= 4 is 10.9 Å². The Morgan fingerprint density at radius 2 is 1.52 bits per heavy atom. The van der Waals surface area contributed by atoms with Gasteiger partial charge in [0.15, 0.2) is 18.6 Å². The predicted octanol–water partition coefficient (Wildman–Crippen LogP) is 6.21. The number of fused-ring (bicyclic) bond motifs is 5. The van der Waals surface area contributed by atoms with Crippen molar-refractivity contribution in [3.05, 3.63) is 84.3 Å². The maximum absolute atomic E-state index is 2.45. The van der Waals surface area contributed by atoms with Crippen LogP contribution in [-0.2, 0) is 18.5 Å². The van der Waals surface area contributed by atoms with Gasteiger partial charge in [0.2, 0.25) is 5.52 Å². The van der Waals surface area contributed by atoms with Crippen molar-refractivity contribution in [2.24, 2.45) is 0 Å². The molecule has 156 valence electrons. The van der Waals surface area contributed by atoms with Gasteiger partial charge in [-0.05, 0) is 34.4 Å². The zero-order chi connectivity index (χ0) is 21.6. The highest BCUT2D eigenvalue weighted by Gasteiger charge is 2.39. The first kappa shape index (κ1) is 19.9. The summed E-state index contributed by atoms with van der Waals surface area (Å²) in [5.74, 6) is 0. The van der Waals surface area contributed by atoms with Crippen molar-refractivity contribution in [2.45, 2.75) is 59.0 Å². The Kier molecular flexibility index (Phi) is 4.89. The molecular formula is C29H32N2+2. The van der Waals surface area contributed by atoms with E-state index in [-0.39, 0.29) is 5.41 Å². The molecule has 0 fully saturated rings. The van der Waals surface area contributed by atoms with Gasteiger partial charge >= 0.3 is 0 Å². The van der Waals surface area contributed by atoms with E-state index in [1.54, 1.807) is 0 Å². The van der Waals surface area contributed by atoms with Crippen LogP contribution >= 0.6 is 0 Å². The van der Waals surface area contributed by atoms with Crippen molar-refractivity contribution in [3.8, 4) is 22.3 Å². The number of hydrogen-bond donors (Lipinski definition) is 0. The van der Waals surface area contributed by atoms with Gasteiger partial charge in [-0.2, -0.15) is 4.57 Å². The number of hydrogen-bond acceptors (Lipinski definition) is 0. The summed E-state index contributed by atoms with van der Waals surface area (Å²) < 4.78 is 4.71. The summed E-state index contributed by atoms with van der Waals surface area (Å²) in [5, 5.41) is 1.37. The first-order valence-corrected chi connectivity index (χ1v) is 11.6. The molecule has 2 heteroatoms. The van der Waals surface area contributed by atoms with Crippen molar-refractivity contribution in [3.63, 3.8) is 0 Å². The van der Waals surface area contributed by atoms with Crippen LogP contribution in [0.4, 0.5) is 0 Å². The fourth-order valence-corrected chi connectivity index (χ4v) is 5.22. The molecule has 1 aliphatic carbocycles. The molecule has 31 heavy (non-hydrogen) atoms.